The van der Waals surface area contributed by atoms with Crippen LogP contribution >= 0.6 is 12.2 Å². The molecule has 0 radical (unpaired) electrons. The maximum absolute atomic E-state index is 12.7. The number of ether oxygens (including phenoxy) is 1. The molecule has 2 heterocycles. The number of hydrogen-bond acceptors (Lipinski definition) is 6. The molecule has 1 amide bonds. The maximum Gasteiger partial charge on any atom is 0.306 e. The van der Waals surface area contributed by atoms with Gasteiger partial charge in [-0.3, -0.25) is 14.6 Å². The molecule has 2 atom stereocenters. The van der Waals surface area contributed by atoms with Crippen molar-refractivity contribution in [1.82, 2.24) is 20.1 Å². The molecule has 2 aliphatic rings. The predicted molar refractivity (Wildman–Crippen MR) is 119 cm³/mol. The van der Waals surface area contributed by atoms with Crippen molar-refractivity contribution in [2.75, 3.05) is 40.3 Å². The van der Waals surface area contributed by atoms with E-state index < -0.39 is 5.41 Å². The molecule has 1 saturated heterocycles. The topological polar surface area (TPSA) is 74.8 Å². The minimum absolute atomic E-state index is 0.0213. The second kappa shape index (κ2) is 10.3. The van der Waals surface area contributed by atoms with E-state index in [0.717, 1.165) is 44.3 Å². The fourth-order valence-corrected chi connectivity index (χ4v) is 4.86. The third-order valence-corrected chi connectivity index (χ3v) is 6.89. The second-order valence-corrected chi connectivity index (χ2v) is 8.61. The normalized spacial score (nSPS) is 24.9. The van der Waals surface area contributed by atoms with Crippen molar-refractivity contribution in [3.05, 3.63) is 30.1 Å². The van der Waals surface area contributed by atoms with Gasteiger partial charge in [0.2, 0.25) is 5.91 Å². The number of likely N-dealkylation sites (N-methyl/N-ethyl adjacent to an activating group) is 2. The summed E-state index contributed by atoms with van der Waals surface area (Å²) in [7, 11) is 3.86. The molecule has 30 heavy (non-hydrogen) atoms. The van der Waals surface area contributed by atoms with E-state index >= 15 is 0 Å². The monoisotopic (exact) mass is 432 g/mol. The minimum Gasteiger partial charge on any atom is -0.461 e. The first-order valence-corrected chi connectivity index (χ1v) is 11.2. The summed E-state index contributed by atoms with van der Waals surface area (Å²) in [5.41, 5.74) is 0.392. The van der Waals surface area contributed by atoms with Gasteiger partial charge >= 0.3 is 5.97 Å². The van der Waals surface area contributed by atoms with Crippen LogP contribution in [-0.2, 0) is 19.7 Å². The summed E-state index contributed by atoms with van der Waals surface area (Å²) in [5.74, 6) is -0.315. The molecule has 8 heteroatoms. The lowest BCUT2D eigenvalue weighted by atomic mass is 9.67. The van der Waals surface area contributed by atoms with Crippen molar-refractivity contribution in [3.8, 4) is 0 Å². The molecule has 1 aromatic rings. The van der Waals surface area contributed by atoms with E-state index in [-0.39, 0.29) is 30.8 Å². The SMILES string of the molecule is CNC(=S)C1(c2cccnc2)CCCCC1OC(=O)CCC(=O)N1CCN(C)CC1. The number of carbonyl (C=O) groups excluding carboxylic acids is 2. The van der Waals surface area contributed by atoms with Gasteiger partial charge in [0.05, 0.1) is 16.8 Å². The Morgan fingerprint density at radius 3 is 2.70 bits per heavy atom. The van der Waals surface area contributed by atoms with E-state index in [0.29, 0.717) is 18.1 Å². The van der Waals surface area contributed by atoms with E-state index in [1.165, 1.54) is 0 Å². The average Bonchev–Trinajstić information content (AvgIpc) is 2.78. The number of rotatable bonds is 6. The van der Waals surface area contributed by atoms with Gasteiger partial charge in [0.1, 0.15) is 6.10 Å². The van der Waals surface area contributed by atoms with Crippen LogP contribution in [0, 0.1) is 0 Å². The number of nitrogens with one attached hydrogen (secondary N) is 1. The zero-order chi connectivity index (χ0) is 21.6. The van der Waals surface area contributed by atoms with Crippen molar-refractivity contribution in [1.29, 1.82) is 0 Å². The van der Waals surface area contributed by atoms with Gasteiger partial charge in [-0.05, 0) is 37.9 Å². The first kappa shape index (κ1) is 22.6. The summed E-state index contributed by atoms with van der Waals surface area (Å²) in [4.78, 5) is 34.1. The van der Waals surface area contributed by atoms with Crippen LogP contribution in [0.3, 0.4) is 0 Å². The summed E-state index contributed by atoms with van der Waals surface area (Å²) in [6, 6.07) is 3.89. The fraction of sp³-hybridized carbons (Fsp3) is 0.636. The summed E-state index contributed by atoms with van der Waals surface area (Å²) in [6.45, 7) is 3.17. The molecule has 0 spiro atoms. The van der Waals surface area contributed by atoms with Crippen LogP contribution in [-0.4, -0.2) is 78.0 Å². The summed E-state index contributed by atoms with van der Waals surface area (Å²) in [6.07, 6.45) is 7.00. The van der Waals surface area contributed by atoms with E-state index in [1.807, 2.05) is 37.3 Å². The highest BCUT2D eigenvalue weighted by molar-refractivity contribution is 7.80. The van der Waals surface area contributed by atoms with Crippen molar-refractivity contribution in [3.63, 3.8) is 0 Å². The van der Waals surface area contributed by atoms with Crippen LogP contribution in [0.1, 0.15) is 44.1 Å². The second-order valence-electron chi connectivity index (χ2n) is 8.20. The first-order chi connectivity index (χ1) is 14.5. The quantitative estimate of drug-likeness (QED) is 0.544. The van der Waals surface area contributed by atoms with Crippen LogP contribution in [0.25, 0.3) is 0 Å². The van der Waals surface area contributed by atoms with Crippen molar-refractivity contribution in [2.24, 2.45) is 0 Å². The Hall–Kier alpha value is -2.06. The third kappa shape index (κ3) is 4.98. The summed E-state index contributed by atoms with van der Waals surface area (Å²) < 4.78 is 5.97. The van der Waals surface area contributed by atoms with E-state index in [9.17, 15) is 9.59 Å². The summed E-state index contributed by atoms with van der Waals surface area (Å²) in [5, 5.41) is 3.12. The number of amides is 1. The van der Waals surface area contributed by atoms with Gasteiger partial charge in [-0.15, -0.1) is 0 Å². The Morgan fingerprint density at radius 1 is 1.27 bits per heavy atom. The highest BCUT2D eigenvalue weighted by Crippen LogP contribution is 2.42. The van der Waals surface area contributed by atoms with Crippen molar-refractivity contribution < 1.29 is 14.3 Å². The number of esters is 1. The number of carbonyl (C=O) groups is 2. The summed E-state index contributed by atoms with van der Waals surface area (Å²) >= 11 is 5.71. The number of piperazine rings is 1. The van der Waals surface area contributed by atoms with E-state index in [1.54, 1.807) is 6.20 Å². The molecule has 2 unspecified atom stereocenters. The molecule has 3 rings (SSSR count). The van der Waals surface area contributed by atoms with Gasteiger partial charge in [0.25, 0.3) is 0 Å². The fourth-order valence-electron chi connectivity index (χ4n) is 4.51. The largest absolute Gasteiger partial charge is 0.461 e. The smallest absolute Gasteiger partial charge is 0.306 e. The molecule has 0 bridgehead atoms. The van der Waals surface area contributed by atoms with Gasteiger partial charge in [-0.1, -0.05) is 24.7 Å². The Labute approximate surface area is 184 Å². The molecular weight excluding hydrogens is 400 g/mol. The number of thiocarbonyl (C=S) groups is 1. The zero-order valence-corrected chi connectivity index (χ0v) is 18.7. The van der Waals surface area contributed by atoms with Crippen molar-refractivity contribution in [2.45, 2.75) is 50.0 Å². The van der Waals surface area contributed by atoms with Crippen LogP contribution < -0.4 is 5.32 Å². The lowest BCUT2D eigenvalue weighted by Crippen LogP contribution is -2.54. The van der Waals surface area contributed by atoms with Crippen LogP contribution in [0.15, 0.2) is 24.5 Å². The molecule has 1 N–H and O–H groups in total. The van der Waals surface area contributed by atoms with Gasteiger partial charge in [0.15, 0.2) is 0 Å². The van der Waals surface area contributed by atoms with Gasteiger partial charge in [-0.25, -0.2) is 0 Å². The number of hydrogen-bond donors (Lipinski definition) is 1. The minimum atomic E-state index is -0.576. The predicted octanol–water partition coefficient (Wildman–Crippen LogP) is 1.91. The van der Waals surface area contributed by atoms with Gasteiger partial charge < -0.3 is 19.9 Å². The first-order valence-electron chi connectivity index (χ1n) is 10.8. The van der Waals surface area contributed by atoms with Crippen LogP contribution in [0.5, 0.6) is 0 Å². The van der Waals surface area contributed by atoms with E-state index in [2.05, 4.69) is 15.2 Å². The number of pyridine rings is 1. The lowest BCUT2D eigenvalue weighted by Gasteiger charge is -2.43. The molecule has 0 aromatic carbocycles. The molecule has 1 aliphatic carbocycles. The molecular formula is C22H32N4O3S. The molecule has 1 aromatic heterocycles. The average molecular weight is 433 g/mol. The van der Waals surface area contributed by atoms with Crippen molar-refractivity contribution >= 4 is 29.1 Å². The standard InChI is InChI=1S/C22H32N4O3S/c1-23-21(30)22(17-6-5-11-24-16-17)10-4-3-7-18(22)29-20(28)9-8-19(27)26-14-12-25(2)13-15-26/h5-6,11,16,18H,3-4,7-10,12-15H2,1-2H3,(H,23,30). The van der Waals surface area contributed by atoms with E-state index in [4.69, 9.17) is 17.0 Å². The molecule has 1 aliphatic heterocycles. The van der Waals surface area contributed by atoms with Crippen LogP contribution in [0.2, 0.25) is 0 Å². The van der Waals surface area contributed by atoms with Gasteiger partial charge in [-0.2, -0.15) is 0 Å². The Balaban J connectivity index is 1.66. The third-order valence-electron chi connectivity index (χ3n) is 6.32. The number of aromatic nitrogens is 1. The Kier molecular flexibility index (Phi) is 7.77. The maximum atomic E-state index is 12.7. The number of nitrogens with zero attached hydrogens (tertiary/aromatic N) is 3. The Bertz CT molecular complexity index is 752. The molecule has 2 fully saturated rings. The zero-order valence-electron chi connectivity index (χ0n) is 17.9. The molecule has 164 valence electrons. The molecule has 7 nitrogen and oxygen atoms in total. The lowest BCUT2D eigenvalue weighted by molar-refractivity contribution is -0.155. The van der Waals surface area contributed by atoms with Crippen LogP contribution in [0.4, 0.5) is 0 Å². The highest BCUT2D eigenvalue weighted by Gasteiger charge is 2.48. The highest BCUT2D eigenvalue weighted by atomic mass is 32.1. The molecule has 1 saturated carbocycles. The van der Waals surface area contributed by atoms with Gasteiger partial charge in [0, 0.05) is 52.0 Å². The Morgan fingerprint density at radius 2 is 2.03 bits per heavy atom.